The molecule has 2 N–H and O–H groups in total. The molecule has 3 rings (SSSR count). The fraction of sp³-hybridized carbons (Fsp3) is 0.619. The Kier molecular flexibility index (Phi) is 7.39. The number of halogens is 1. The van der Waals surface area contributed by atoms with Gasteiger partial charge in [-0.25, -0.2) is 4.39 Å². The summed E-state index contributed by atoms with van der Waals surface area (Å²) >= 11 is 0. The topological polar surface area (TPSA) is 64.7 Å². The fourth-order valence-corrected chi connectivity index (χ4v) is 4.06. The first-order chi connectivity index (χ1) is 13.5. The number of hydrogen-bond acceptors (Lipinski definition) is 4. The van der Waals surface area contributed by atoms with E-state index < -0.39 is 0 Å². The lowest BCUT2D eigenvalue weighted by Crippen LogP contribution is -2.52. The lowest BCUT2D eigenvalue weighted by Gasteiger charge is -2.35. The minimum absolute atomic E-state index is 0.107. The maximum absolute atomic E-state index is 13.2. The summed E-state index contributed by atoms with van der Waals surface area (Å²) < 4.78 is 13.2. The summed E-state index contributed by atoms with van der Waals surface area (Å²) in [5, 5.41) is 5.93. The highest BCUT2D eigenvalue weighted by molar-refractivity contribution is 5.92. The van der Waals surface area contributed by atoms with Crippen molar-refractivity contribution in [3.8, 4) is 0 Å². The van der Waals surface area contributed by atoms with E-state index in [1.54, 1.807) is 12.1 Å². The highest BCUT2D eigenvalue weighted by Gasteiger charge is 2.25. The molecule has 154 valence electrons. The van der Waals surface area contributed by atoms with Gasteiger partial charge in [0.2, 0.25) is 11.8 Å². The summed E-state index contributed by atoms with van der Waals surface area (Å²) in [7, 11) is 0. The summed E-state index contributed by atoms with van der Waals surface area (Å²) in [5.41, 5.74) is 0.470. The van der Waals surface area contributed by atoms with E-state index in [4.69, 9.17) is 0 Å². The number of rotatable bonds is 6. The SMILES string of the molecule is CC1CCCCC1NC(=O)CN1CCN(CC(=O)Nc2cccc(F)c2)CC1. The molecule has 0 spiro atoms. The summed E-state index contributed by atoms with van der Waals surface area (Å²) in [5.74, 6) is 0.151. The highest BCUT2D eigenvalue weighted by Crippen LogP contribution is 2.23. The second kappa shape index (κ2) is 9.98. The summed E-state index contributed by atoms with van der Waals surface area (Å²) in [6.07, 6.45) is 4.75. The molecule has 0 bridgehead atoms. The molecule has 2 fully saturated rings. The Morgan fingerprint density at radius 2 is 1.68 bits per heavy atom. The molecule has 2 aliphatic rings. The van der Waals surface area contributed by atoms with Crippen molar-refractivity contribution in [2.45, 2.75) is 38.6 Å². The van der Waals surface area contributed by atoms with E-state index in [1.165, 1.54) is 31.4 Å². The molecule has 6 nitrogen and oxygen atoms in total. The minimum atomic E-state index is -0.368. The van der Waals surface area contributed by atoms with Crippen LogP contribution in [0.2, 0.25) is 0 Å². The van der Waals surface area contributed by atoms with E-state index >= 15 is 0 Å². The van der Waals surface area contributed by atoms with Crippen LogP contribution in [-0.2, 0) is 9.59 Å². The van der Waals surface area contributed by atoms with Crippen LogP contribution in [0.15, 0.2) is 24.3 Å². The van der Waals surface area contributed by atoms with Crippen LogP contribution in [0.1, 0.15) is 32.6 Å². The van der Waals surface area contributed by atoms with E-state index in [2.05, 4.69) is 27.4 Å². The van der Waals surface area contributed by atoms with Crippen LogP contribution in [0.3, 0.4) is 0 Å². The summed E-state index contributed by atoms with van der Waals surface area (Å²) in [4.78, 5) is 28.7. The normalized spacial score (nSPS) is 23.9. The van der Waals surface area contributed by atoms with E-state index in [-0.39, 0.29) is 24.2 Å². The van der Waals surface area contributed by atoms with Gasteiger partial charge in [0, 0.05) is 37.9 Å². The molecule has 2 unspecified atom stereocenters. The van der Waals surface area contributed by atoms with Gasteiger partial charge in [0.1, 0.15) is 5.82 Å². The smallest absolute Gasteiger partial charge is 0.238 e. The van der Waals surface area contributed by atoms with Crippen LogP contribution in [-0.4, -0.2) is 66.9 Å². The molecule has 0 radical (unpaired) electrons. The average Bonchev–Trinajstić information content (AvgIpc) is 2.65. The number of nitrogens with one attached hydrogen (secondary N) is 2. The summed E-state index contributed by atoms with van der Waals surface area (Å²) in [6.45, 7) is 5.93. The van der Waals surface area contributed by atoms with Crippen LogP contribution in [0, 0.1) is 11.7 Å². The van der Waals surface area contributed by atoms with E-state index in [0.717, 1.165) is 32.6 Å². The Hall–Kier alpha value is -1.99. The zero-order chi connectivity index (χ0) is 19.9. The third kappa shape index (κ3) is 6.27. The van der Waals surface area contributed by atoms with Crippen LogP contribution in [0.4, 0.5) is 10.1 Å². The highest BCUT2D eigenvalue weighted by atomic mass is 19.1. The predicted octanol–water partition coefficient (Wildman–Crippen LogP) is 2.08. The molecule has 7 heteroatoms. The Bertz CT molecular complexity index is 676. The number of anilines is 1. The first-order valence-electron chi connectivity index (χ1n) is 10.3. The van der Waals surface area contributed by atoms with Crippen molar-refractivity contribution in [2.75, 3.05) is 44.6 Å². The molecular formula is C21H31FN4O2. The quantitative estimate of drug-likeness (QED) is 0.781. The van der Waals surface area contributed by atoms with Crippen LogP contribution in [0.5, 0.6) is 0 Å². The number of benzene rings is 1. The molecule has 1 heterocycles. The van der Waals surface area contributed by atoms with Crippen molar-refractivity contribution in [2.24, 2.45) is 5.92 Å². The number of carbonyl (C=O) groups is 2. The predicted molar refractivity (Wildman–Crippen MR) is 107 cm³/mol. The van der Waals surface area contributed by atoms with Crippen molar-refractivity contribution < 1.29 is 14.0 Å². The van der Waals surface area contributed by atoms with Crippen molar-refractivity contribution >= 4 is 17.5 Å². The van der Waals surface area contributed by atoms with Crippen LogP contribution in [0.25, 0.3) is 0 Å². The minimum Gasteiger partial charge on any atom is -0.352 e. The largest absolute Gasteiger partial charge is 0.352 e. The van der Waals surface area contributed by atoms with E-state index in [1.807, 2.05) is 0 Å². The monoisotopic (exact) mass is 390 g/mol. The standard InChI is InChI=1S/C21H31FN4O2/c1-16-5-2-3-8-19(16)24-21(28)15-26-11-9-25(10-12-26)14-20(27)23-18-7-4-6-17(22)13-18/h4,6-7,13,16,19H,2-3,5,8-12,14-15H2,1H3,(H,23,27)(H,24,28). The van der Waals surface area contributed by atoms with Crippen molar-refractivity contribution in [1.82, 2.24) is 15.1 Å². The molecule has 2 atom stereocenters. The number of carbonyl (C=O) groups excluding carboxylic acids is 2. The number of piperazine rings is 1. The Balaban J connectivity index is 1.36. The lowest BCUT2D eigenvalue weighted by atomic mass is 9.86. The first kappa shape index (κ1) is 20.7. The van der Waals surface area contributed by atoms with Crippen LogP contribution < -0.4 is 10.6 Å². The lowest BCUT2D eigenvalue weighted by molar-refractivity contribution is -0.124. The Labute approximate surface area is 166 Å². The molecule has 1 saturated heterocycles. The van der Waals surface area contributed by atoms with Gasteiger partial charge >= 0.3 is 0 Å². The molecule has 1 aromatic rings. The molecule has 2 amide bonds. The molecule has 1 aliphatic carbocycles. The number of hydrogen-bond donors (Lipinski definition) is 2. The Morgan fingerprint density at radius 3 is 2.32 bits per heavy atom. The molecule has 0 aromatic heterocycles. The third-order valence-corrected chi connectivity index (χ3v) is 5.77. The zero-order valence-electron chi connectivity index (χ0n) is 16.6. The number of amides is 2. The van der Waals surface area contributed by atoms with Gasteiger partial charge in [0.25, 0.3) is 0 Å². The van der Waals surface area contributed by atoms with Gasteiger partial charge in [-0.05, 0) is 37.0 Å². The van der Waals surface area contributed by atoms with Crippen LogP contribution >= 0.6 is 0 Å². The van der Waals surface area contributed by atoms with Gasteiger partial charge in [0.15, 0.2) is 0 Å². The average molecular weight is 391 g/mol. The van der Waals surface area contributed by atoms with Gasteiger partial charge in [-0.2, -0.15) is 0 Å². The van der Waals surface area contributed by atoms with Gasteiger partial charge in [-0.1, -0.05) is 25.8 Å². The Morgan fingerprint density at radius 1 is 1.04 bits per heavy atom. The fourth-order valence-electron chi connectivity index (χ4n) is 4.06. The first-order valence-corrected chi connectivity index (χ1v) is 10.3. The molecular weight excluding hydrogens is 359 g/mol. The maximum Gasteiger partial charge on any atom is 0.238 e. The van der Waals surface area contributed by atoms with Crippen molar-refractivity contribution in [1.29, 1.82) is 0 Å². The second-order valence-electron chi connectivity index (χ2n) is 8.05. The van der Waals surface area contributed by atoms with Gasteiger partial charge in [-0.15, -0.1) is 0 Å². The molecule has 1 saturated carbocycles. The number of nitrogens with zero attached hydrogens (tertiary/aromatic N) is 2. The summed E-state index contributed by atoms with van der Waals surface area (Å²) in [6, 6.07) is 6.21. The van der Waals surface area contributed by atoms with Crippen molar-refractivity contribution in [3.05, 3.63) is 30.1 Å². The van der Waals surface area contributed by atoms with E-state index in [0.29, 0.717) is 24.2 Å². The van der Waals surface area contributed by atoms with E-state index in [9.17, 15) is 14.0 Å². The molecule has 1 aliphatic heterocycles. The third-order valence-electron chi connectivity index (χ3n) is 5.77. The molecule has 1 aromatic carbocycles. The van der Waals surface area contributed by atoms with Gasteiger partial charge in [-0.3, -0.25) is 19.4 Å². The second-order valence-corrected chi connectivity index (χ2v) is 8.05. The molecule has 28 heavy (non-hydrogen) atoms. The maximum atomic E-state index is 13.2. The van der Waals surface area contributed by atoms with Crippen molar-refractivity contribution in [3.63, 3.8) is 0 Å². The van der Waals surface area contributed by atoms with Gasteiger partial charge < -0.3 is 10.6 Å². The van der Waals surface area contributed by atoms with Gasteiger partial charge in [0.05, 0.1) is 13.1 Å². The zero-order valence-corrected chi connectivity index (χ0v) is 16.6.